The van der Waals surface area contributed by atoms with Crippen molar-refractivity contribution in [3.8, 4) is 0 Å². The molecule has 0 radical (unpaired) electrons. The van der Waals surface area contributed by atoms with Crippen molar-refractivity contribution in [2.24, 2.45) is 5.92 Å². The van der Waals surface area contributed by atoms with Crippen LogP contribution in [0.25, 0.3) is 0 Å². The Morgan fingerprint density at radius 1 is 1.35 bits per heavy atom. The summed E-state index contributed by atoms with van der Waals surface area (Å²) in [4.78, 5) is 15.4. The number of hydrogen-bond acceptors (Lipinski definition) is 3. The van der Waals surface area contributed by atoms with E-state index in [1.54, 1.807) is 12.4 Å². The summed E-state index contributed by atoms with van der Waals surface area (Å²) in [6.45, 7) is 2.01. The minimum Gasteiger partial charge on any atom is -0.278 e. The largest absolute Gasteiger partial charge is 0.278 e. The third-order valence-corrected chi connectivity index (χ3v) is 4.07. The molecule has 1 aromatic heterocycles. The van der Waals surface area contributed by atoms with Gasteiger partial charge in [-0.15, -0.1) is 11.8 Å². The van der Waals surface area contributed by atoms with Gasteiger partial charge in [-0.1, -0.05) is 6.92 Å². The molecular formula is C14H14F2N2OS. The fourth-order valence-corrected chi connectivity index (χ4v) is 2.81. The summed E-state index contributed by atoms with van der Waals surface area (Å²) in [5.74, 6) is 0.466. The van der Waals surface area contributed by atoms with E-state index < -0.39 is 11.6 Å². The van der Waals surface area contributed by atoms with Gasteiger partial charge < -0.3 is 0 Å². The second-order valence-corrected chi connectivity index (χ2v) is 5.68. The van der Waals surface area contributed by atoms with Gasteiger partial charge in [0.1, 0.15) is 17.5 Å². The van der Waals surface area contributed by atoms with Crippen molar-refractivity contribution < 1.29 is 13.6 Å². The first kappa shape index (κ1) is 14.7. The maximum absolute atomic E-state index is 13.1. The van der Waals surface area contributed by atoms with Crippen molar-refractivity contribution in [3.63, 3.8) is 0 Å². The molecule has 0 fully saturated rings. The predicted molar refractivity (Wildman–Crippen MR) is 74.3 cm³/mol. The van der Waals surface area contributed by atoms with Crippen molar-refractivity contribution >= 4 is 18.2 Å². The molecule has 0 aliphatic heterocycles. The Morgan fingerprint density at radius 3 is 2.70 bits per heavy atom. The zero-order chi connectivity index (χ0) is 14.5. The molecule has 0 saturated carbocycles. The predicted octanol–water partition coefficient (Wildman–Crippen LogP) is 3.17. The van der Waals surface area contributed by atoms with E-state index in [0.29, 0.717) is 29.3 Å². The average molecular weight is 296 g/mol. The van der Waals surface area contributed by atoms with Crippen LogP contribution in [-0.2, 0) is 11.2 Å². The molecule has 3 nitrogen and oxygen atoms in total. The number of halogens is 2. The molecule has 0 aliphatic carbocycles. The van der Waals surface area contributed by atoms with Gasteiger partial charge in [0.2, 0.25) is 6.41 Å². The van der Waals surface area contributed by atoms with Crippen molar-refractivity contribution in [2.75, 3.05) is 5.75 Å². The Morgan fingerprint density at radius 2 is 2.05 bits per heavy atom. The molecule has 1 atom stereocenters. The molecule has 2 aromatic rings. The zero-order valence-corrected chi connectivity index (χ0v) is 11.7. The van der Waals surface area contributed by atoms with E-state index in [9.17, 15) is 13.6 Å². The highest BCUT2D eigenvalue weighted by Gasteiger charge is 2.10. The molecule has 0 bridgehead atoms. The van der Waals surface area contributed by atoms with Crippen LogP contribution in [-0.4, -0.2) is 21.7 Å². The van der Waals surface area contributed by atoms with Crippen molar-refractivity contribution in [1.82, 2.24) is 9.55 Å². The van der Waals surface area contributed by atoms with Crippen LogP contribution in [0, 0.1) is 17.6 Å². The number of rotatable bonds is 6. The minimum absolute atomic E-state index is 0.229. The van der Waals surface area contributed by atoms with Crippen LogP contribution in [0.3, 0.4) is 0 Å². The smallest absolute Gasteiger partial charge is 0.219 e. The number of hydrogen-bond donors (Lipinski definition) is 0. The minimum atomic E-state index is -0.573. The average Bonchev–Trinajstić information content (AvgIpc) is 2.82. The van der Waals surface area contributed by atoms with Crippen LogP contribution >= 0.6 is 11.8 Å². The fraction of sp³-hybridized carbons (Fsp3) is 0.286. The standard InChI is InChI=1S/C14H14F2N2OS/c1-10(4-14-17-2-3-18(14)9-19)8-20-13-6-11(15)5-12(16)7-13/h2-3,5-7,9-10H,4,8H2,1H3. The Kier molecular flexibility index (Phi) is 4.89. The normalized spacial score (nSPS) is 12.3. The lowest BCUT2D eigenvalue weighted by atomic mass is 10.1. The quantitative estimate of drug-likeness (QED) is 0.606. The first-order valence-electron chi connectivity index (χ1n) is 6.14. The number of thioether (sulfide) groups is 1. The number of aromatic nitrogens is 2. The van der Waals surface area contributed by atoms with Crippen molar-refractivity contribution in [2.45, 2.75) is 18.2 Å². The first-order chi connectivity index (χ1) is 9.58. The van der Waals surface area contributed by atoms with Crippen molar-refractivity contribution in [1.29, 1.82) is 0 Å². The van der Waals surface area contributed by atoms with Crippen LogP contribution < -0.4 is 0 Å². The van der Waals surface area contributed by atoms with E-state index in [0.717, 1.165) is 6.07 Å². The van der Waals surface area contributed by atoms with E-state index in [4.69, 9.17) is 0 Å². The molecule has 0 saturated heterocycles. The molecule has 0 aliphatic rings. The summed E-state index contributed by atoms with van der Waals surface area (Å²) in [6, 6.07) is 3.48. The molecule has 1 heterocycles. The molecule has 20 heavy (non-hydrogen) atoms. The molecule has 1 aromatic carbocycles. The zero-order valence-electron chi connectivity index (χ0n) is 10.9. The van der Waals surface area contributed by atoms with E-state index in [1.807, 2.05) is 6.92 Å². The molecule has 6 heteroatoms. The first-order valence-corrected chi connectivity index (χ1v) is 7.13. The van der Waals surface area contributed by atoms with Crippen LogP contribution in [0.2, 0.25) is 0 Å². The highest BCUT2D eigenvalue weighted by atomic mass is 32.2. The van der Waals surface area contributed by atoms with E-state index in [-0.39, 0.29) is 5.92 Å². The molecule has 0 spiro atoms. The Balaban J connectivity index is 1.92. The second kappa shape index (κ2) is 6.65. The summed E-state index contributed by atoms with van der Waals surface area (Å²) in [5, 5.41) is 0. The topological polar surface area (TPSA) is 34.9 Å². The van der Waals surface area contributed by atoms with Gasteiger partial charge in [0.25, 0.3) is 0 Å². The maximum Gasteiger partial charge on any atom is 0.219 e. The van der Waals surface area contributed by atoms with Crippen LogP contribution in [0.1, 0.15) is 12.7 Å². The molecule has 0 amide bonds. The van der Waals surface area contributed by atoms with Gasteiger partial charge in [-0.05, 0) is 18.1 Å². The van der Waals surface area contributed by atoms with Gasteiger partial charge in [0, 0.05) is 35.5 Å². The number of nitrogens with zero attached hydrogens (tertiary/aromatic N) is 2. The monoisotopic (exact) mass is 296 g/mol. The van der Waals surface area contributed by atoms with Gasteiger partial charge in [0.15, 0.2) is 0 Å². The van der Waals surface area contributed by atoms with Crippen LogP contribution in [0.4, 0.5) is 8.78 Å². The fourth-order valence-electron chi connectivity index (χ4n) is 1.82. The lowest BCUT2D eigenvalue weighted by molar-refractivity contribution is 0.540. The summed E-state index contributed by atoms with van der Waals surface area (Å²) in [7, 11) is 0. The Labute approximate surface area is 120 Å². The molecule has 106 valence electrons. The molecule has 1 unspecified atom stereocenters. The van der Waals surface area contributed by atoms with Gasteiger partial charge in [-0.25, -0.2) is 13.8 Å². The molecular weight excluding hydrogens is 282 g/mol. The summed E-state index contributed by atoms with van der Waals surface area (Å²) < 4.78 is 27.5. The van der Waals surface area contributed by atoms with Gasteiger partial charge in [0.05, 0.1) is 0 Å². The number of carbonyl (C=O) groups is 1. The molecule has 2 rings (SSSR count). The van der Waals surface area contributed by atoms with Gasteiger partial charge in [-0.2, -0.15) is 0 Å². The summed E-state index contributed by atoms with van der Waals surface area (Å²) in [5.41, 5.74) is 0. The summed E-state index contributed by atoms with van der Waals surface area (Å²) >= 11 is 1.39. The Hall–Kier alpha value is -1.69. The van der Waals surface area contributed by atoms with Crippen LogP contribution in [0.5, 0.6) is 0 Å². The summed E-state index contributed by atoms with van der Waals surface area (Å²) in [6.07, 6.45) is 4.52. The third kappa shape index (κ3) is 3.90. The van der Waals surface area contributed by atoms with E-state index in [2.05, 4.69) is 4.98 Å². The number of imidazole rings is 1. The SMILES string of the molecule is CC(CSc1cc(F)cc(F)c1)Cc1nccn1C=O. The van der Waals surface area contributed by atoms with E-state index >= 15 is 0 Å². The second-order valence-electron chi connectivity index (χ2n) is 4.58. The van der Waals surface area contributed by atoms with E-state index in [1.165, 1.54) is 28.5 Å². The molecule has 0 N–H and O–H groups in total. The third-order valence-electron chi connectivity index (χ3n) is 2.76. The lowest BCUT2D eigenvalue weighted by Gasteiger charge is -2.10. The van der Waals surface area contributed by atoms with Crippen LogP contribution in [0.15, 0.2) is 35.5 Å². The van der Waals surface area contributed by atoms with Crippen molar-refractivity contribution in [3.05, 3.63) is 48.1 Å². The van der Waals surface area contributed by atoms with Gasteiger partial charge in [-0.3, -0.25) is 9.36 Å². The number of benzene rings is 1. The number of carbonyl (C=O) groups excluding carboxylic acids is 1. The Bertz CT molecular complexity index is 580. The lowest BCUT2D eigenvalue weighted by Crippen LogP contribution is -2.09. The van der Waals surface area contributed by atoms with Gasteiger partial charge >= 0.3 is 0 Å². The highest BCUT2D eigenvalue weighted by Crippen LogP contribution is 2.23. The maximum atomic E-state index is 13.1. The highest BCUT2D eigenvalue weighted by molar-refractivity contribution is 7.99.